The summed E-state index contributed by atoms with van der Waals surface area (Å²) in [4.78, 5) is 19.4. The molecule has 0 saturated carbocycles. The highest BCUT2D eigenvalue weighted by Gasteiger charge is 2.24. The van der Waals surface area contributed by atoms with Gasteiger partial charge in [-0.05, 0) is 20.8 Å². The number of nitrogens with two attached hydrogens (primary N) is 1. The second kappa shape index (κ2) is 3.53. The van der Waals surface area contributed by atoms with Crippen LogP contribution in [0.4, 0.5) is 0 Å². The monoisotopic (exact) mass is 147 g/mol. The summed E-state index contributed by atoms with van der Waals surface area (Å²) in [6.07, 6.45) is 0. The van der Waals surface area contributed by atoms with Crippen LogP contribution in [0.3, 0.4) is 0 Å². The molecule has 0 fully saturated rings. The fourth-order valence-corrected chi connectivity index (χ4v) is 0.220. The number of carbonyl (C=O) groups excluding carboxylic acids is 1. The summed E-state index contributed by atoms with van der Waals surface area (Å²) < 4.78 is 0. The molecule has 0 aliphatic rings. The topological polar surface area (TPSA) is 61.5 Å². The largest absolute Gasteiger partial charge is 0.361 e. The highest BCUT2D eigenvalue weighted by Crippen LogP contribution is 1.99. The molecule has 10 heavy (non-hydrogen) atoms. The molecule has 0 aliphatic heterocycles. The van der Waals surface area contributed by atoms with E-state index in [-0.39, 0.29) is 0 Å². The molecule has 0 amide bonds. The Labute approximate surface area is 60.2 Å². The quantitative estimate of drug-likeness (QED) is 0.458. The van der Waals surface area contributed by atoms with E-state index in [1.165, 1.54) is 0 Å². The van der Waals surface area contributed by atoms with Crippen LogP contribution in [-0.2, 0) is 14.6 Å². The Bertz CT molecular complexity index is 117. The van der Waals surface area contributed by atoms with Gasteiger partial charge in [0.15, 0.2) is 0 Å². The van der Waals surface area contributed by atoms with Gasteiger partial charge in [0.25, 0.3) is 0 Å². The molecule has 0 aromatic rings. The van der Waals surface area contributed by atoms with E-state index in [0.29, 0.717) is 6.61 Å². The fraction of sp³-hybridized carbons (Fsp3) is 0.833. The third-order valence-electron chi connectivity index (χ3n) is 0.779. The van der Waals surface area contributed by atoms with Gasteiger partial charge in [-0.15, -0.1) is 0 Å². The van der Waals surface area contributed by atoms with Gasteiger partial charge < -0.3 is 5.73 Å². The molecule has 0 aromatic heterocycles. The lowest BCUT2D eigenvalue weighted by molar-refractivity contribution is -0.273. The van der Waals surface area contributed by atoms with Gasteiger partial charge in [-0.3, -0.25) is 4.89 Å². The Morgan fingerprint density at radius 1 is 1.60 bits per heavy atom. The highest BCUT2D eigenvalue weighted by atomic mass is 17.2. The normalized spacial score (nSPS) is 11.2. The van der Waals surface area contributed by atoms with Gasteiger partial charge in [-0.25, -0.2) is 4.79 Å². The number of carbonyl (C=O) groups is 1. The van der Waals surface area contributed by atoms with E-state index in [9.17, 15) is 4.79 Å². The van der Waals surface area contributed by atoms with Crippen LogP contribution in [0, 0.1) is 0 Å². The predicted octanol–water partition coefficient (Wildman–Crippen LogP) is 0.218. The lowest BCUT2D eigenvalue weighted by Gasteiger charge is -2.14. The van der Waals surface area contributed by atoms with Gasteiger partial charge in [-0.2, -0.15) is 4.89 Å². The summed E-state index contributed by atoms with van der Waals surface area (Å²) in [5, 5.41) is 0. The molecule has 0 aromatic carbocycles. The molecule has 4 heteroatoms. The SMILES string of the molecule is CCOOC(=O)C(C)(C)N. The fourth-order valence-electron chi connectivity index (χ4n) is 0.220. The molecule has 2 N–H and O–H groups in total. The van der Waals surface area contributed by atoms with Crippen LogP contribution in [0.5, 0.6) is 0 Å². The van der Waals surface area contributed by atoms with Gasteiger partial charge in [0.1, 0.15) is 5.54 Å². The van der Waals surface area contributed by atoms with Gasteiger partial charge >= 0.3 is 5.97 Å². The van der Waals surface area contributed by atoms with E-state index in [4.69, 9.17) is 5.73 Å². The second-order valence-corrected chi connectivity index (χ2v) is 2.50. The Morgan fingerprint density at radius 3 is 2.40 bits per heavy atom. The summed E-state index contributed by atoms with van der Waals surface area (Å²) in [6.45, 7) is 5.15. The molecule has 0 aliphatic carbocycles. The third kappa shape index (κ3) is 3.42. The van der Waals surface area contributed by atoms with Crippen LogP contribution in [-0.4, -0.2) is 18.1 Å². The minimum atomic E-state index is -0.977. The van der Waals surface area contributed by atoms with E-state index in [1.807, 2.05) is 0 Å². The minimum absolute atomic E-state index is 0.335. The van der Waals surface area contributed by atoms with Gasteiger partial charge in [-0.1, -0.05) is 0 Å². The zero-order valence-electron chi connectivity index (χ0n) is 6.51. The molecule has 0 saturated heterocycles. The first kappa shape index (κ1) is 9.39. The van der Waals surface area contributed by atoms with E-state index < -0.39 is 11.5 Å². The van der Waals surface area contributed by atoms with E-state index in [1.54, 1.807) is 20.8 Å². The first-order chi connectivity index (χ1) is 4.48. The summed E-state index contributed by atoms with van der Waals surface area (Å²) in [6, 6.07) is 0. The average molecular weight is 147 g/mol. The molecule has 0 unspecified atom stereocenters. The van der Waals surface area contributed by atoms with Crippen LogP contribution in [0.1, 0.15) is 20.8 Å². The maximum Gasteiger partial charge on any atom is 0.361 e. The lowest BCUT2D eigenvalue weighted by Crippen LogP contribution is -2.42. The van der Waals surface area contributed by atoms with Crippen LogP contribution in [0.2, 0.25) is 0 Å². The third-order valence-corrected chi connectivity index (χ3v) is 0.779. The van der Waals surface area contributed by atoms with Gasteiger partial charge in [0.05, 0.1) is 6.61 Å². The lowest BCUT2D eigenvalue weighted by atomic mass is 10.1. The smallest absolute Gasteiger partial charge is 0.316 e. The Hall–Kier alpha value is -0.610. The van der Waals surface area contributed by atoms with E-state index in [2.05, 4.69) is 9.78 Å². The van der Waals surface area contributed by atoms with Crippen LogP contribution < -0.4 is 5.73 Å². The zero-order valence-corrected chi connectivity index (χ0v) is 6.51. The summed E-state index contributed by atoms with van der Waals surface area (Å²) in [7, 11) is 0. The first-order valence-corrected chi connectivity index (χ1v) is 3.11. The van der Waals surface area contributed by atoms with Crippen molar-refractivity contribution >= 4 is 5.97 Å². The van der Waals surface area contributed by atoms with Crippen molar-refractivity contribution in [3.63, 3.8) is 0 Å². The average Bonchev–Trinajstić information content (AvgIpc) is 1.80. The van der Waals surface area contributed by atoms with E-state index in [0.717, 1.165) is 0 Å². The number of hydrogen-bond donors (Lipinski definition) is 1. The van der Waals surface area contributed by atoms with E-state index >= 15 is 0 Å². The maximum absolute atomic E-state index is 10.8. The molecule has 0 radical (unpaired) electrons. The van der Waals surface area contributed by atoms with Crippen molar-refractivity contribution in [1.29, 1.82) is 0 Å². The molecule has 0 rings (SSSR count). The number of hydrogen-bond acceptors (Lipinski definition) is 4. The second-order valence-electron chi connectivity index (χ2n) is 2.50. The predicted molar refractivity (Wildman–Crippen MR) is 36.0 cm³/mol. The molecule has 0 atom stereocenters. The van der Waals surface area contributed by atoms with Gasteiger partial charge in [0, 0.05) is 0 Å². The molecular formula is C6H13NO3. The first-order valence-electron chi connectivity index (χ1n) is 3.11. The van der Waals surface area contributed by atoms with Crippen LogP contribution in [0.25, 0.3) is 0 Å². The molecule has 0 spiro atoms. The molecular weight excluding hydrogens is 134 g/mol. The Kier molecular flexibility index (Phi) is 3.32. The van der Waals surface area contributed by atoms with Gasteiger partial charge in [0.2, 0.25) is 0 Å². The standard InChI is InChI=1S/C6H13NO3/c1-4-9-10-5(8)6(2,3)7/h4,7H2,1-3H3. The van der Waals surface area contributed by atoms with Crippen molar-refractivity contribution in [2.24, 2.45) is 5.73 Å². The Morgan fingerprint density at radius 2 is 2.10 bits per heavy atom. The minimum Gasteiger partial charge on any atom is -0.316 e. The maximum atomic E-state index is 10.8. The van der Waals surface area contributed by atoms with Crippen molar-refractivity contribution in [3.05, 3.63) is 0 Å². The van der Waals surface area contributed by atoms with Crippen molar-refractivity contribution in [3.8, 4) is 0 Å². The molecule has 4 nitrogen and oxygen atoms in total. The van der Waals surface area contributed by atoms with Crippen molar-refractivity contribution in [1.82, 2.24) is 0 Å². The molecule has 60 valence electrons. The van der Waals surface area contributed by atoms with Crippen molar-refractivity contribution in [2.45, 2.75) is 26.3 Å². The Balaban J connectivity index is 3.64. The summed E-state index contributed by atoms with van der Waals surface area (Å²) in [5.41, 5.74) is 4.39. The zero-order chi connectivity index (χ0) is 8.20. The highest BCUT2D eigenvalue weighted by molar-refractivity contribution is 5.78. The van der Waals surface area contributed by atoms with Crippen LogP contribution in [0.15, 0.2) is 0 Å². The summed E-state index contributed by atoms with van der Waals surface area (Å²) in [5.74, 6) is -0.561. The number of rotatable bonds is 3. The van der Waals surface area contributed by atoms with Crippen molar-refractivity contribution in [2.75, 3.05) is 6.61 Å². The summed E-state index contributed by atoms with van der Waals surface area (Å²) >= 11 is 0. The van der Waals surface area contributed by atoms with Crippen molar-refractivity contribution < 1.29 is 14.6 Å². The van der Waals surface area contributed by atoms with Crippen LogP contribution >= 0.6 is 0 Å². The molecule has 0 bridgehead atoms. The molecule has 0 heterocycles.